The van der Waals surface area contributed by atoms with E-state index < -0.39 is 0 Å². The lowest BCUT2D eigenvalue weighted by atomic mass is 9.73. The first-order valence-corrected chi connectivity index (χ1v) is 7.37. The highest BCUT2D eigenvalue weighted by Gasteiger charge is 2.31. The van der Waals surface area contributed by atoms with Gasteiger partial charge in [0.1, 0.15) is 0 Å². The molecule has 1 saturated carbocycles. The summed E-state index contributed by atoms with van der Waals surface area (Å²) in [5, 5.41) is 8.18. The minimum atomic E-state index is 0.493. The zero-order chi connectivity index (χ0) is 11.4. The van der Waals surface area contributed by atoms with Crippen LogP contribution in [0.25, 0.3) is 0 Å². The third kappa shape index (κ3) is 3.08. The molecule has 1 fully saturated rings. The highest BCUT2D eigenvalue weighted by Crippen LogP contribution is 2.35. The van der Waals surface area contributed by atoms with Gasteiger partial charge in [-0.15, -0.1) is 0 Å². The SMILES string of the molecule is CC1(C)CCCCC1NCCc1ccsc1. The van der Waals surface area contributed by atoms with Gasteiger partial charge < -0.3 is 5.32 Å². The summed E-state index contributed by atoms with van der Waals surface area (Å²) in [6.45, 7) is 5.95. The van der Waals surface area contributed by atoms with Crippen molar-refractivity contribution in [3.63, 3.8) is 0 Å². The van der Waals surface area contributed by atoms with E-state index in [0.717, 1.165) is 12.6 Å². The van der Waals surface area contributed by atoms with Gasteiger partial charge in [-0.3, -0.25) is 0 Å². The van der Waals surface area contributed by atoms with Gasteiger partial charge >= 0.3 is 0 Å². The fourth-order valence-electron chi connectivity index (χ4n) is 2.70. The van der Waals surface area contributed by atoms with E-state index in [9.17, 15) is 0 Å². The predicted octanol–water partition coefficient (Wildman–Crippen LogP) is 3.85. The Balaban J connectivity index is 1.76. The summed E-state index contributed by atoms with van der Waals surface area (Å²) in [6, 6.07) is 2.96. The standard InChI is InChI=1S/C14H23NS/c1-14(2)8-4-3-5-13(14)15-9-6-12-7-10-16-11-12/h7,10-11,13,15H,3-6,8-9H2,1-2H3. The molecule has 1 nitrogen and oxygen atoms in total. The van der Waals surface area contributed by atoms with Crippen LogP contribution in [0.4, 0.5) is 0 Å². The summed E-state index contributed by atoms with van der Waals surface area (Å²) >= 11 is 1.80. The third-order valence-electron chi connectivity index (χ3n) is 3.89. The molecule has 0 aromatic carbocycles. The summed E-state index contributed by atoms with van der Waals surface area (Å²) < 4.78 is 0. The number of thiophene rings is 1. The number of hydrogen-bond donors (Lipinski definition) is 1. The lowest BCUT2D eigenvalue weighted by Gasteiger charge is -2.39. The summed E-state index contributed by atoms with van der Waals surface area (Å²) in [4.78, 5) is 0. The number of nitrogens with one attached hydrogen (secondary N) is 1. The van der Waals surface area contributed by atoms with Crippen LogP contribution >= 0.6 is 11.3 Å². The third-order valence-corrected chi connectivity index (χ3v) is 4.62. The maximum absolute atomic E-state index is 3.75. The first kappa shape index (κ1) is 12.1. The molecule has 2 rings (SSSR count). The van der Waals surface area contributed by atoms with Crippen molar-refractivity contribution >= 4 is 11.3 Å². The Labute approximate surface area is 103 Å². The molecule has 1 aromatic rings. The molecule has 0 amide bonds. The molecule has 16 heavy (non-hydrogen) atoms. The van der Waals surface area contributed by atoms with Crippen LogP contribution in [0, 0.1) is 5.41 Å². The van der Waals surface area contributed by atoms with Gasteiger partial charge in [0.15, 0.2) is 0 Å². The van der Waals surface area contributed by atoms with Gasteiger partial charge in [0, 0.05) is 6.04 Å². The van der Waals surface area contributed by atoms with Gasteiger partial charge in [-0.2, -0.15) is 11.3 Å². The van der Waals surface area contributed by atoms with Crippen LogP contribution in [0.2, 0.25) is 0 Å². The molecular weight excluding hydrogens is 214 g/mol. The van der Waals surface area contributed by atoms with Crippen molar-refractivity contribution in [3.05, 3.63) is 22.4 Å². The van der Waals surface area contributed by atoms with Crippen molar-refractivity contribution in [1.82, 2.24) is 5.32 Å². The fourth-order valence-corrected chi connectivity index (χ4v) is 3.40. The predicted molar refractivity (Wildman–Crippen MR) is 72.1 cm³/mol. The van der Waals surface area contributed by atoms with Crippen LogP contribution in [-0.4, -0.2) is 12.6 Å². The lowest BCUT2D eigenvalue weighted by Crippen LogP contribution is -2.44. The van der Waals surface area contributed by atoms with Crippen molar-refractivity contribution < 1.29 is 0 Å². The molecule has 1 unspecified atom stereocenters. The summed E-state index contributed by atoms with van der Waals surface area (Å²) in [7, 11) is 0. The zero-order valence-electron chi connectivity index (χ0n) is 10.5. The van der Waals surface area contributed by atoms with E-state index in [1.165, 1.54) is 37.7 Å². The molecular formula is C14H23NS. The molecule has 0 aliphatic heterocycles. The van der Waals surface area contributed by atoms with E-state index in [0.29, 0.717) is 5.41 Å². The Morgan fingerprint density at radius 3 is 3.00 bits per heavy atom. The lowest BCUT2D eigenvalue weighted by molar-refractivity contribution is 0.169. The monoisotopic (exact) mass is 237 g/mol. The van der Waals surface area contributed by atoms with Crippen LogP contribution in [0.15, 0.2) is 16.8 Å². The van der Waals surface area contributed by atoms with Gasteiger partial charge in [-0.25, -0.2) is 0 Å². The van der Waals surface area contributed by atoms with Crippen LogP contribution in [-0.2, 0) is 6.42 Å². The van der Waals surface area contributed by atoms with E-state index in [2.05, 4.69) is 36.0 Å². The van der Waals surface area contributed by atoms with Crippen LogP contribution in [0.1, 0.15) is 45.1 Å². The summed E-state index contributed by atoms with van der Waals surface area (Å²) in [6.07, 6.45) is 6.73. The summed E-state index contributed by atoms with van der Waals surface area (Å²) in [5.74, 6) is 0. The van der Waals surface area contributed by atoms with E-state index in [1.54, 1.807) is 11.3 Å². The van der Waals surface area contributed by atoms with E-state index in [1.807, 2.05) is 0 Å². The first-order chi connectivity index (χ1) is 7.68. The van der Waals surface area contributed by atoms with Gasteiger partial charge in [-0.1, -0.05) is 26.7 Å². The second-order valence-corrected chi connectivity index (χ2v) is 6.40. The largest absolute Gasteiger partial charge is 0.313 e. The van der Waals surface area contributed by atoms with Crippen LogP contribution < -0.4 is 5.32 Å². The average Bonchev–Trinajstić information content (AvgIpc) is 2.73. The molecule has 1 N–H and O–H groups in total. The molecule has 90 valence electrons. The zero-order valence-corrected chi connectivity index (χ0v) is 11.3. The van der Waals surface area contributed by atoms with Gasteiger partial charge in [0.25, 0.3) is 0 Å². The Hall–Kier alpha value is -0.340. The second-order valence-electron chi connectivity index (χ2n) is 5.62. The van der Waals surface area contributed by atoms with Crippen molar-refractivity contribution in [2.75, 3.05) is 6.54 Å². The number of hydrogen-bond acceptors (Lipinski definition) is 2. The quantitative estimate of drug-likeness (QED) is 0.839. The molecule has 1 atom stereocenters. The molecule has 1 aliphatic rings. The van der Waals surface area contributed by atoms with Gasteiger partial charge in [0.2, 0.25) is 0 Å². The normalized spacial score (nSPS) is 24.5. The molecule has 1 heterocycles. The van der Waals surface area contributed by atoms with E-state index in [-0.39, 0.29) is 0 Å². The van der Waals surface area contributed by atoms with Gasteiger partial charge in [-0.05, 0) is 53.6 Å². The molecule has 0 radical (unpaired) electrons. The highest BCUT2D eigenvalue weighted by atomic mass is 32.1. The van der Waals surface area contributed by atoms with Gasteiger partial charge in [0.05, 0.1) is 0 Å². The first-order valence-electron chi connectivity index (χ1n) is 6.43. The highest BCUT2D eigenvalue weighted by molar-refractivity contribution is 7.07. The van der Waals surface area contributed by atoms with Crippen molar-refractivity contribution in [2.24, 2.45) is 5.41 Å². The van der Waals surface area contributed by atoms with E-state index in [4.69, 9.17) is 0 Å². The number of rotatable bonds is 4. The molecule has 1 aromatic heterocycles. The van der Waals surface area contributed by atoms with E-state index >= 15 is 0 Å². The Kier molecular flexibility index (Phi) is 4.04. The maximum Gasteiger partial charge on any atom is 0.0118 e. The smallest absolute Gasteiger partial charge is 0.0118 e. The fraction of sp³-hybridized carbons (Fsp3) is 0.714. The Bertz CT molecular complexity index is 303. The molecule has 0 bridgehead atoms. The second kappa shape index (κ2) is 5.33. The molecule has 1 aliphatic carbocycles. The van der Waals surface area contributed by atoms with Crippen LogP contribution in [0.5, 0.6) is 0 Å². The van der Waals surface area contributed by atoms with Crippen molar-refractivity contribution in [1.29, 1.82) is 0 Å². The van der Waals surface area contributed by atoms with Crippen LogP contribution in [0.3, 0.4) is 0 Å². The van der Waals surface area contributed by atoms with Crippen molar-refractivity contribution in [2.45, 2.75) is 52.0 Å². The summed E-state index contributed by atoms with van der Waals surface area (Å²) in [5.41, 5.74) is 1.97. The Morgan fingerprint density at radius 2 is 2.31 bits per heavy atom. The molecule has 2 heteroatoms. The average molecular weight is 237 g/mol. The van der Waals surface area contributed by atoms with Crippen molar-refractivity contribution in [3.8, 4) is 0 Å². The Morgan fingerprint density at radius 1 is 1.44 bits per heavy atom. The minimum absolute atomic E-state index is 0.493. The molecule has 0 saturated heterocycles. The topological polar surface area (TPSA) is 12.0 Å². The maximum atomic E-state index is 3.75. The molecule has 0 spiro atoms. The minimum Gasteiger partial charge on any atom is -0.313 e.